The third kappa shape index (κ3) is 5.19. The topological polar surface area (TPSA) is 41.5 Å². The molecule has 0 heterocycles. The van der Waals surface area contributed by atoms with Crippen molar-refractivity contribution < 1.29 is 9.84 Å². The Morgan fingerprint density at radius 2 is 1.46 bits per heavy atom. The maximum Gasteiger partial charge on any atom is 0.119 e. The van der Waals surface area contributed by atoms with Crippen molar-refractivity contribution in [1.82, 2.24) is 5.32 Å². The molecule has 0 aliphatic carbocycles. The summed E-state index contributed by atoms with van der Waals surface area (Å²) in [4.78, 5) is 0. The van der Waals surface area contributed by atoms with Crippen molar-refractivity contribution in [3.63, 3.8) is 0 Å². The lowest BCUT2D eigenvalue weighted by Crippen LogP contribution is -2.20. The number of aliphatic hydroxyl groups is 1. The highest BCUT2D eigenvalue weighted by Gasteiger charge is 2.02. The van der Waals surface area contributed by atoms with Crippen molar-refractivity contribution in [2.75, 3.05) is 13.2 Å². The number of rotatable bonds is 8. The smallest absolute Gasteiger partial charge is 0.119 e. The van der Waals surface area contributed by atoms with Crippen LogP contribution in [0.3, 0.4) is 0 Å². The zero-order chi connectivity index (χ0) is 18.2. The minimum absolute atomic E-state index is 0.435. The normalized spacial score (nSPS) is 11.9. The minimum Gasteiger partial charge on any atom is -0.492 e. The first-order valence-electron chi connectivity index (χ1n) is 8.98. The third-order valence-electron chi connectivity index (χ3n) is 4.30. The number of hydrogen-bond acceptors (Lipinski definition) is 3. The van der Waals surface area contributed by atoms with Gasteiger partial charge in [0.15, 0.2) is 0 Å². The van der Waals surface area contributed by atoms with Gasteiger partial charge in [0, 0.05) is 13.1 Å². The summed E-state index contributed by atoms with van der Waals surface area (Å²) < 4.78 is 5.79. The van der Waals surface area contributed by atoms with Gasteiger partial charge >= 0.3 is 0 Å². The summed E-state index contributed by atoms with van der Waals surface area (Å²) in [7, 11) is 0. The zero-order valence-corrected chi connectivity index (χ0v) is 15.1. The molecule has 3 rings (SSSR count). The summed E-state index contributed by atoms with van der Waals surface area (Å²) in [6, 6.07) is 26.4. The fourth-order valence-electron chi connectivity index (χ4n) is 2.77. The second-order valence-electron chi connectivity index (χ2n) is 6.33. The molecule has 0 bridgehead atoms. The van der Waals surface area contributed by atoms with E-state index in [1.807, 2.05) is 54.6 Å². The van der Waals surface area contributed by atoms with E-state index in [0.717, 1.165) is 35.5 Å². The van der Waals surface area contributed by atoms with Gasteiger partial charge in [-0.15, -0.1) is 0 Å². The van der Waals surface area contributed by atoms with Gasteiger partial charge < -0.3 is 15.2 Å². The number of nitrogens with one attached hydrogen (secondary N) is 1. The van der Waals surface area contributed by atoms with E-state index in [9.17, 15) is 5.11 Å². The van der Waals surface area contributed by atoms with Gasteiger partial charge in [-0.2, -0.15) is 0 Å². The van der Waals surface area contributed by atoms with Crippen LogP contribution in [0.5, 0.6) is 5.75 Å². The minimum atomic E-state index is -0.435. The maximum absolute atomic E-state index is 9.59. The van der Waals surface area contributed by atoms with Crippen molar-refractivity contribution >= 4 is 0 Å². The van der Waals surface area contributed by atoms with E-state index in [1.54, 1.807) is 6.92 Å². The Balaban J connectivity index is 1.45. The van der Waals surface area contributed by atoms with Crippen LogP contribution in [0.15, 0.2) is 78.9 Å². The summed E-state index contributed by atoms with van der Waals surface area (Å²) in [6.45, 7) is 4.06. The third-order valence-corrected chi connectivity index (χ3v) is 4.30. The highest BCUT2D eigenvalue weighted by molar-refractivity contribution is 5.64. The molecule has 134 valence electrons. The molecule has 0 spiro atoms. The standard InChI is InChI=1S/C23H25NO2/c1-18(25)20-7-9-21(10-8-20)22-11-13-23(14-12-22)26-16-15-24-17-19-5-3-2-4-6-19/h2-14,18,24-25H,15-17H2,1H3. The molecule has 0 fully saturated rings. The first kappa shape index (κ1) is 18.2. The molecule has 3 heteroatoms. The van der Waals surface area contributed by atoms with E-state index in [4.69, 9.17) is 4.74 Å². The largest absolute Gasteiger partial charge is 0.492 e. The van der Waals surface area contributed by atoms with E-state index >= 15 is 0 Å². The average Bonchev–Trinajstić information content (AvgIpc) is 2.69. The molecule has 0 aliphatic rings. The molecule has 0 aliphatic heterocycles. The van der Waals surface area contributed by atoms with Gasteiger partial charge in [0.2, 0.25) is 0 Å². The van der Waals surface area contributed by atoms with Gasteiger partial charge in [-0.25, -0.2) is 0 Å². The average molecular weight is 347 g/mol. The predicted molar refractivity (Wildman–Crippen MR) is 106 cm³/mol. The lowest BCUT2D eigenvalue weighted by molar-refractivity contribution is 0.199. The van der Waals surface area contributed by atoms with Crippen molar-refractivity contribution in [3.8, 4) is 16.9 Å². The number of benzene rings is 3. The van der Waals surface area contributed by atoms with Crippen molar-refractivity contribution in [2.45, 2.75) is 19.6 Å². The Hall–Kier alpha value is -2.62. The lowest BCUT2D eigenvalue weighted by Gasteiger charge is -2.09. The second-order valence-corrected chi connectivity index (χ2v) is 6.33. The van der Waals surface area contributed by atoms with Gasteiger partial charge in [0.05, 0.1) is 6.10 Å². The Morgan fingerprint density at radius 3 is 2.08 bits per heavy atom. The van der Waals surface area contributed by atoms with Crippen molar-refractivity contribution in [1.29, 1.82) is 0 Å². The van der Waals surface area contributed by atoms with Crippen molar-refractivity contribution in [3.05, 3.63) is 90.0 Å². The van der Waals surface area contributed by atoms with Crippen LogP contribution in [-0.4, -0.2) is 18.3 Å². The SMILES string of the molecule is CC(O)c1ccc(-c2ccc(OCCNCc3ccccc3)cc2)cc1. The summed E-state index contributed by atoms with van der Waals surface area (Å²) in [6.07, 6.45) is -0.435. The van der Waals surface area contributed by atoms with E-state index in [2.05, 4.69) is 29.6 Å². The molecule has 0 aromatic heterocycles. The molecular formula is C23H25NO2. The van der Waals surface area contributed by atoms with Crippen LogP contribution in [0.4, 0.5) is 0 Å². The van der Waals surface area contributed by atoms with E-state index in [-0.39, 0.29) is 0 Å². The predicted octanol–water partition coefficient (Wildman–Crippen LogP) is 4.58. The molecule has 0 saturated heterocycles. The molecule has 0 radical (unpaired) electrons. The van der Waals surface area contributed by atoms with Crippen LogP contribution < -0.4 is 10.1 Å². The van der Waals surface area contributed by atoms with E-state index in [1.165, 1.54) is 5.56 Å². The molecular weight excluding hydrogens is 322 g/mol. The second kappa shape index (κ2) is 9.18. The summed E-state index contributed by atoms with van der Waals surface area (Å²) in [5.74, 6) is 0.871. The molecule has 0 amide bonds. The van der Waals surface area contributed by atoms with Crippen molar-refractivity contribution in [2.24, 2.45) is 0 Å². The van der Waals surface area contributed by atoms with Gasteiger partial charge in [0.25, 0.3) is 0 Å². The molecule has 1 atom stereocenters. The van der Waals surface area contributed by atoms with Crippen LogP contribution in [0, 0.1) is 0 Å². The molecule has 3 aromatic rings. The summed E-state index contributed by atoms with van der Waals surface area (Å²) in [5.41, 5.74) is 4.47. The van der Waals surface area contributed by atoms with Crippen LogP contribution in [-0.2, 0) is 6.54 Å². The molecule has 3 aromatic carbocycles. The number of ether oxygens (including phenoxy) is 1. The van der Waals surface area contributed by atoms with Crippen LogP contribution in [0.1, 0.15) is 24.2 Å². The molecule has 0 saturated carbocycles. The Morgan fingerprint density at radius 1 is 0.846 bits per heavy atom. The Bertz CT molecular complexity index is 781. The highest BCUT2D eigenvalue weighted by atomic mass is 16.5. The van der Waals surface area contributed by atoms with Gasteiger partial charge in [-0.05, 0) is 41.3 Å². The van der Waals surface area contributed by atoms with Crippen LogP contribution in [0.25, 0.3) is 11.1 Å². The zero-order valence-electron chi connectivity index (χ0n) is 15.1. The fourth-order valence-corrected chi connectivity index (χ4v) is 2.77. The van der Waals surface area contributed by atoms with Gasteiger partial charge in [0.1, 0.15) is 12.4 Å². The number of aliphatic hydroxyl groups excluding tert-OH is 1. The fraction of sp³-hybridized carbons (Fsp3) is 0.217. The Labute approximate surface area is 155 Å². The quantitative estimate of drug-likeness (QED) is 0.586. The lowest BCUT2D eigenvalue weighted by atomic mass is 10.0. The monoisotopic (exact) mass is 347 g/mol. The van der Waals surface area contributed by atoms with E-state index in [0.29, 0.717) is 6.61 Å². The van der Waals surface area contributed by atoms with Gasteiger partial charge in [-0.1, -0.05) is 66.7 Å². The maximum atomic E-state index is 9.59. The van der Waals surface area contributed by atoms with E-state index < -0.39 is 6.10 Å². The highest BCUT2D eigenvalue weighted by Crippen LogP contribution is 2.24. The molecule has 2 N–H and O–H groups in total. The Kier molecular flexibility index (Phi) is 6.42. The first-order valence-corrected chi connectivity index (χ1v) is 8.98. The summed E-state index contributed by atoms with van der Waals surface area (Å²) in [5, 5.41) is 13.0. The van der Waals surface area contributed by atoms with Crippen LogP contribution >= 0.6 is 0 Å². The first-order chi connectivity index (χ1) is 12.7. The van der Waals surface area contributed by atoms with Gasteiger partial charge in [-0.3, -0.25) is 0 Å². The molecule has 3 nitrogen and oxygen atoms in total. The summed E-state index contributed by atoms with van der Waals surface area (Å²) >= 11 is 0. The molecule has 26 heavy (non-hydrogen) atoms. The molecule has 1 unspecified atom stereocenters. The number of hydrogen-bond donors (Lipinski definition) is 2. The van der Waals surface area contributed by atoms with Crippen LogP contribution in [0.2, 0.25) is 0 Å².